The largest absolute Gasteiger partial charge is 0.384 e. The minimum absolute atomic E-state index is 0.199. The highest BCUT2D eigenvalue weighted by Crippen LogP contribution is 2.05. The van der Waals surface area contributed by atoms with Crippen LogP contribution in [0.25, 0.3) is 0 Å². The van der Waals surface area contributed by atoms with Gasteiger partial charge in [-0.15, -0.1) is 0 Å². The van der Waals surface area contributed by atoms with Crippen LogP contribution in [-0.2, 0) is 6.54 Å². The molecular weight excluding hydrogens is 244 g/mol. The summed E-state index contributed by atoms with van der Waals surface area (Å²) in [4.78, 5) is 22.0. The molecule has 0 aliphatic carbocycles. The summed E-state index contributed by atoms with van der Waals surface area (Å²) in [5, 5.41) is 4.10. The van der Waals surface area contributed by atoms with E-state index >= 15 is 0 Å². The lowest BCUT2D eigenvalue weighted by Crippen LogP contribution is -2.25. The molecule has 0 saturated heterocycles. The number of aromatic nitrogens is 4. The summed E-state index contributed by atoms with van der Waals surface area (Å²) in [5.74, 6) is 0.866. The van der Waals surface area contributed by atoms with Crippen molar-refractivity contribution < 1.29 is 0 Å². The molecule has 0 saturated carbocycles. The molecule has 7 nitrogen and oxygen atoms in total. The lowest BCUT2D eigenvalue weighted by Gasteiger charge is -2.12. The summed E-state index contributed by atoms with van der Waals surface area (Å²) < 4.78 is 1.31. The van der Waals surface area contributed by atoms with Crippen molar-refractivity contribution in [3.8, 4) is 0 Å². The number of anilines is 2. The van der Waals surface area contributed by atoms with E-state index < -0.39 is 0 Å². The Balaban J connectivity index is 2.31. The Bertz CT molecular complexity index is 629. The van der Waals surface area contributed by atoms with Gasteiger partial charge in [-0.2, -0.15) is 5.10 Å². The molecule has 0 atom stereocenters. The van der Waals surface area contributed by atoms with Crippen molar-refractivity contribution in [1.29, 1.82) is 0 Å². The molecule has 2 heterocycles. The van der Waals surface area contributed by atoms with E-state index in [2.05, 4.69) is 15.1 Å². The highest BCUT2D eigenvalue weighted by atomic mass is 16.1. The van der Waals surface area contributed by atoms with Crippen LogP contribution in [0.4, 0.5) is 11.5 Å². The fraction of sp³-hybridized carbons (Fsp3) is 0.333. The van der Waals surface area contributed by atoms with Gasteiger partial charge in [0.2, 0.25) is 0 Å². The zero-order valence-corrected chi connectivity index (χ0v) is 11.2. The van der Waals surface area contributed by atoms with Gasteiger partial charge in [0.1, 0.15) is 12.4 Å². The van der Waals surface area contributed by atoms with E-state index in [1.54, 1.807) is 12.3 Å². The van der Waals surface area contributed by atoms with Crippen LogP contribution in [0, 0.1) is 6.92 Å². The molecule has 0 aliphatic heterocycles. The average molecular weight is 260 g/mol. The summed E-state index contributed by atoms with van der Waals surface area (Å²) >= 11 is 0. The summed E-state index contributed by atoms with van der Waals surface area (Å²) in [6.45, 7) is 2.03. The molecule has 0 aliphatic rings. The minimum Gasteiger partial charge on any atom is -0.384 e. The van der Waals surface area contributed by atoms with Crippen molar-refractivity contribution in [2.75, 3.05) is 24.7 Å². The predicted molar refractivity (Wildman–Crippen MR) is 73.1 cm³/mol. The third kappa shape index (κ3) is 3.06. The summed E-state index contributed by atoms with van der Waals surface area (Å²) in [6, 6.07) is 3.20. The monoisotopic (exact) mass is 260 g/mol. The molecular formula is C12H16N6O. The molecule has 100 valence electrons. The van der Waals surface area contributed by atoms with Crippen LogP contribution in [-0.4, -0.2) is 33.8 Å². The van der Waals surface area contributed by atoms with E-state index in [-0.39, 0.29) is 12.1 Å². The molecule has 19 heavy (non-hydrogen) atoms. The van der Waals surface area contributed by atoms with Gasteiger partial charge in [-0.1, -0.05) is 0 Å². The van der Waals surface area contributed by atoms with Crippen molar-refractivity contribution in [3.05, 3.63) is 40.2 Å². The summed E-state index contributed by atoms with van der Waals surface area (Å²) in [5.41, 5.74) is 6.97. The number of rotatable bonds is 3. The van der Waals surface area contributed by atoms with Gasteiger partial charge in [0.05, 0.1) is 11.9 Å². The Hall–Kier alpha value is -2.44. The second kappa shape index (κ2) is 5.05. The molecule has 2 aromatic heterocycles. The summed E-state index contributed by atoms with van der Waals surface area (Å²) in [6.07, 6.45) is 1.63. The molecule has 0 unspecified atom stereocenters. The lowest BCUT2D eigenvalue weighted by atomic mass is 10.4. The maximum atomic E-state index is 11.9. The van der Waals surface area contributed by atoms with Crippen LogP contribution in [0.1, 0.15) is 11.5 Å². The molecule has 0 amide bonds. The zero-order valence-electron chi connectivity index (χ0n) is 11.2. The maximum Gasteiger partial charge on any atom is 0.269 e. The first-order valence-electron chi connectivity index (χ1n) is 5.80. The molecule has 2 rings (SSSR count). The Morgan fingerprint density at radius 1 is 1.32 bits per heavy atom. The summed E-state index contributed by atoms with van der Waals surface area (Å²) in [7, 11) is 3.70. The molecule has 7 heteroatoms. The van der Waals surface area contributed by atoms with Crippen LogP contribution >= 0.6 is 0 Å². The van der Waals surface area contributed by atoms with Gasteiger partial charge in [-0.05, 0) is 6.92 Å². The second-order valence-corrected chi connectivity index (χ2v) is 4.45. The quantitative estimate of drug-likeness (QED) is 0.838. The maximum absolute atomic E-state index is 11.9. The van der Waals surface area contributed by atoms with E-state index in [0.29, 0.717) is 11.6 Å². The fourth-order valence-corrected chi connectivity index (χ4v) is 1.65. The van der Waals surface area contributed by atoms with Crippen LogP contribution in [0.15, 0.2) is 23.1 Å². The van der Waals surface area contributed by atoms with E-state index in [9.17, 15) is 4.79 Å². The van der Waals surface area contributed by atoms with Crippen LogP contribution < -0.4 is 16.2 Å². The number of aryl methyl sites for hydroxylation is 1. The lowest BCUT2D eigenvalue weighted by molar-refractivity contribution is 0.613. The van der Waals surface area contributed by atoms with Crippen molar-refractivity contribution in [1.82, 2.24) is 19.7 Å². The van der Waals surface area contributed by atoms with Gasteiger partial charge in [0, 0.05) is 31.9 Å². The van der Waals surface area contributed by atoms with E-state index in [0.717, 1.165) is 11.4 Å². The van der Waals surface area contributed by atoms with Crippen molar-refractivity contribution in [3.63, 3.8) is 0 Å². The molecule has 0 spiro atoms. The van der Waals surface area contributed by atoms with Gasteiger partial charge >= 0.3 is 0 Å². The van der Waals surface area contributed by atoms with Gasteiger partial charge in [0.25, 0.3) is 5.56 Å². The molecule has 0 fully saturated rings. The Labute approximate surface area is 110 Å². The number of nitrogen functional groups attached to an aromatic ring is 1. The van der Waals surface area contributed by atoms with E-state index in [1.165, 1.54) is 10.7 Å². The van der Waals surface area contributed by atoms with Crippen LogP contribution in [0.5, 0.6) is 0 Å². The zero-order chi connectivity index (χ0) is 14.0. The number of nitrogens with zero attached hydrogens (tertiary/aromatic N) is 5. The average Bonchev–Trinajstić information content (AvgIpc) is 2.30. The highest BCUT2D eigenvalue weighted by molar-refractivity contribution is 5.40. The van der Waals surface area contributed by atoms with Crippen molar-refractivity contribution in [2.24, 2.45) is 0 Å². The van der Waals surface area contributed by atoms with Crippen molar-refractivity contribution in [2.45, 2.75) is 13.5 Å². The number of hydrogen-bond acceptors (Lipinski definition) is 6. The van der Waals surface area contributed by atoms with Gasteiger partial charge in [0.15, 0.2) is 5.82 Å². The molecule has 0 radical (unpaired) electrons. The second-order valence-electron chi connectivity index (χ2n) is 4.45. The van der Waals surface area contributed by atoms with Crippen LogP contribution in [0.3, 0.4) is 0 Å². The first-order valence-corrected chi connectivity index (χ1v) is 5.80. The molecule has 2 N–H and O–H groups in total. The fourth-order valence-electron chi connectivity index (χ4n) is 1.65. The predicted octanol–water partition coefficient (Wildman–Crippen LogP) is 0.0382. The Kier molecular flexibility index (Phi) is 3.46. The third-order valence-electron chi connectivity index (χ3n) is 2.58. The topological polar surface area (TPSA) is 89.9 Å². The molecule has 0 aromatic carbocycles. The smallest absolute Gasteiger partial charge is 0.269 e. The van der Waals surface area contributed by atoms with Gasteiger partial charge in [-0.3, -0.25) is 4.79 Å². The molecule has 0 bridgehead atoms. The third-order valence-corrected chi connectivity index (χ3v) is 2.58. The van der Waals surface area contributed by atoms with Gasteiger partial charge < -0.3 is 10.6 Å². The number of hydrogen-bond donors (Lipinski definition) is 1. The normalized spacial score (nSPS) is 10.5. The SMILES string of the molecule is Cc1cc(N)nc(Cn2ncc(N(C)C)cc2=O)n1. The standard InChI is InChI=1S/C12H16N6O/c1-8-4-10(13)16-11(15-8)7-18-12(19)5-9(6-14-18)17(2)3/h4-6H,7H2,1-3H3,(H2,13,15,16). The first-order chi connectivity index (χ1) is 8.95. The van der Waals surface area contributed by atoms with E-state index in [1.807, 2.05) is 25.9 Å². The Morgan fingerprint density at radius 3 is 2.63 bits per heavy atom. The molecule has 2 aromatic rings. The first kappa shape index (κ1) is 13.0. The minimum atomic E-state index is -0.199. The number of nitrogens with two attached hydrogens (primary N) is 1. The van der Waals surface area contributed by atoms with Crippen LogP contribution in [0.2, 0.25) is 0 Å². The highest BCUT2D eigenvalue weighted by Gasteiger charge is 2.05. The van der Waals surface area contributed by atoms with Gasteiger partial charge in [-0.25, -0.2) is 14.6 Å². The van der Waals surface area contributed by atoms with E-state index in [4.69, 9.17) is 5.73 Å². The Morgan fingerprint density at radius 2 is 2.05 bits per heavy atom. The van der Waals surface area contributed by atoms with Crippen molar-refractivity contribution >= 4 is 11.5 Å².